The second-order valence-corrected chi connectivity index (χ2v) is 6.24. The van der Waals surface area contributed by atoms with Gasteiger partial charge < -0.3 is 5.32 Å². The van der Waals surface area contributed by atoms with Crippen LogP contribution in [0.25, 0.3) is 0 Å². The number of aromatic nitrogens is 3. The molecule has 0 fully saturated rings. The van der Waals surface area contributed by atoms with Crippen molar-refractivity contribution in [3.63, 3.8) is 0 Å². The van der Waals surface area contributed by atoms with E-state index in [0.29, 0.717) is 18.0 Å². The molecule has 2 heterocycles. The largest absolute Gasteiger partial charge is 0.347 e. The molecular formula is C17H18N4OS. The molecule has 0 saturated heterocycles. The van der Waals surface area contributed by atoms with Gasteiger partial charge in [0.25, 0.3) is 5.91 Å². The summed E-state index contributed by atoms with van der Waals surface area (Å²) in [5, 5.41) is 8.19. The molecule has 0 spiro atoms. The minimum Gasteiger partial charge on any atom is -0.347 e. The van der Waals surface area contributed by atoms with Crippen LogP contribution in [0, 0.1) is 0 Å². The molecule has 5 nitrogen and oxygen atoms in total. The van der Waals surface area contributed by atoms with Crippen molar-refractivity contribution >= 4 is 17.2 Å². The number of aryl methyl sites for hydroxylation is 1. The van der Waals surface area contributed by atoms with E-state index < -0.39 is 0 Å². The van der Waals surface area contributed by atoms with E-state index in [9.17, 15) is 4.79 Å². The molecule has 0 aliphatic carbocycles. The summed E-state index contributed by atoms with van der Waals surface area (Å²) in [6.07, 6.45) is 6.19. The normalized spacial score (nSPS) is 10.7. The van der Waals surface area contributed by atoms with Gasteiger partial charge in [-0.3, -0.25) is 9.48 Å². The molecule has 0 atom stereocenters. The summed E-state index contributed by atoms with van der Waals surface area (Å²) in [6, 6.07) is 9.98. The highest BCUT2D eigenvalue weighted by atomic mass is 32.1. The van der Waals surface area contributed by atoms with Gasteiger partial charge in [-0.25, -0.2) is 4.98 Å². The number of thiazole rings is 1. The molecule has 3 aromatic rings. The van der Waals surface area contributed by atoms with Crippen LogP contribution >= 0.6 is 11.3 Å². The Morgan fingerprint density at radius 1 is 1.26 bits per heavy atom. The molecular weight excluding hydrogens is 308 g/mol. The van der Waals surface area contributed by atoms with Gasteiger partial charge in [-0.2, -0.15) is 5.10 Å². The highest BCUT2D eigenvalue weighted by Crippen LogP contribution is 2.14. The zero-order valence-electron chi connectivity index (χ0n) is 12.9. The van der Waals surface area contributed by atoms with Gasteiger partial charge >= 0.3 is 0 Å². The lowest BCUT2D eigenvalue weighted by Crippen LogP contribution is -2.22. The first-order chi connectivity index (χ1) is 11.3. The first-order valence-corrected chi connectivity index (χ1v) is 8.35. The minimum atomic E-state index is -0.0731. The summed E-state index contributed by atoms with van der Waals surface area (Å²) < 4.78 is 1.87. The molecule has 118 valence electrons. The predicted molar refractivity (Wildman–Crippen MR) is 90.4 cm³/mol. The Labute approximate surface area is 139 Å². The molecule has 23 heavy (non-hydrogen) atoms. The fourth-order valence-corrected chi connectivity index (χ4v) is 3.07. The number of carbonyl (C=O) groups excluding carboxylic acids is 1. The lowest BCUT2D eigenvalue weighted by Gasteiger charge is -2.10. The van der Waals surface area contributed by atoms with Crippen LogP contribution in [0.5, 0.6) is 0 Å². The number of amides is 1. The highest BCUT2D eigenvalue weighted by molar-refractivity contribution is 7.13. The Kier molecular flexibility index (Phi) is 4.83. The lowest BCUT2D eigenvalue weighted by molar-refractivity contribution is 0.0954. The fourth-order valence-electron chi connectivity index (χ4n) is 2.29. The van der Waals surface area contributed by atoms with E-state index in [2.05, 4.69) is 21.5 Å². The SMILES string of the molecule is CCc1ncc(C(=O)NCc2ccccc2Cn2cccn2)s1. The average Bonchev–Trinajstić information content (AvgIpc) is 3.25. The molecule has 1 N–H and O–H groups in total. The molecule has 3 rings (SSSR count). The molecule has 2 aromatic heterocycles. The molecule has 0 bridgehead atoms. The van der Waals surface area contributed by atoms with Crippen LogP contribution in [0.2, 0.25) is 0 Å². The summed E-state index contributed by atoms with van der Waals surface area (Å²) in [4.78, 5) is 17.1. The van der Waals surface area contributed by atoms with Crippen molar-refractivity contribution < 1.29 is 4.79 Å². The topological polar surface area (TPSA) is 59.8 Å². The fraction of sp³-hybridized carbons (Fsp3) is 0.235. The molecule has 1 amide bonds. The number of carbonyl (C=O) groups is 1. The quantitative estimate of drug-likeness (QED) is 0.758. The van der Waals surface area contributed by atoms with Crippen LogP contribution in [-0.4, -0.2) is 20.7 Å². The number of nitrogens with one attached hydrogen (secondary N) is 1. The number of nitrogens with zero attached hydrogens (tertiary/aromatic N) is 3. The maximum absolute atomic E-state index is 12.2. The van der Waals surface area contributed by atoms with Crippen molar-refractivity contribution in [2.45, 2.75) is 26.4 Å². The standard InChI is InChI=1S/C17H18N4OS/c1-2-16-18-11-15(23-16)17(22)19-10-13-6-3-4-7-14(13)12-21-9-5-8-20-21/h3-9,11H,2,10,12H2,1H3,(H,19,22). The predicted octanol–water partition coefficient (Wildman–Crippen LogP) is 2.88. The van der Waals surface area contributed by atoms with Gasteiger partial charge in [0.15, 0.2) is 0 Å². The van der Waals surface area contributed by atoms with Crippen LogP contribution in [0.4, 0.5) is 0 Å². The van der Waals surface area contributed by atoms with E-state index in [0.717, 1.165) is 22.6 Å². The Bertz CT molecular complexity index is 780. The Morgan fingerprint density at radius 2 is 2.09 bits per heavy atom. The van der Waals surface area contributed by atoms with Crippen molar-refractivity contribution in [3.8, 4) is 0 Å². The van der Waals surface area contributed by atoms with Gasteiger partial charge in [0, 0.05) is 18.9 Å². The third-order valence-corrected chi connectivity index (χ3v) is 4.67. The van der Waals surface area contributed by atoms with Gasteiger partial charge in [-0.15, -0.1) is 11.3 Å². The number of benzene rings is 1. The third kappa shape index (κ3) is 3.84. The summed E-state index contributed by atoms with van der Waals surface area (Å²) in [6.45, 7) is 3.22. The zero-order valence-corrected chi connectivity index (χ0v) is 13.7. The Morgan fingerprint density at radius 3 is 2.78 bits per heavy atom. The summed E-state index contributed by atoms with van der Waals surface area (Å²) in [7, 11) is 0. The van der Waals surface area contributed by atoms with Gasteiger partial charge in [0.05, 0.1) is 17.7 Å². The van der Waals surface area contributed by atoms with Crippen molar-refractivity contribution in [2.24, 2.45) is 0 Å². The molecule has 0 aliphatic heterocycles. The Hall–Kier alpha value is -2.47. The molecule has 0 radical (unpaired) electrons. The van der Waals surface area contributed by atoms with Crippen molar-refractivity contribution in [2.75, 3.05) is 0 Å². The van der Waals surface area contributed by atoms with Crippen LogP contribution in [0.1, 0.15) is 32.7 Å². The van der Waals surface area contributed by atoms with Gasteiger partial charge in [0.2, 0.25) is 0 Å². The van der Waals surface area contributed by atoms with E-state index in [1.54, 1.807) is 12.4 Å². The highest BCUT2D eigenvalue weighted by Gasteiger charge is 2.10. The number of rotatable bonds is 6. The number of hydrogen-bond acceptors (Lipinski definition) is 4. The van der Waals surface area contributed by atoms with Crippen molar-refractivity contribution in [1.29, 1.82) is 0 Å². The van der Waals surface area contributed by atoms with E-state index in [1.807, 2.05) is 42.1 Å². The minimum absolute atomic E-state index is 0.0731. The molecule has 0 saturated carbocycles. The van der Waals surface area contributed by atoms with Crippen LogP contribution in [0.3, 0.4) is 0 Å². The van der Waals surface area contributed by atoms with Gasteiger partial charge in [-0.05, 0) is 23.6 Å². The van der Waals surface area contributed by atoms with Crippen LogP contribution in [0.15, 0.2) is 48.9 Å². The van der Waals surface area contributed by atoms with Crippen molar-refractivity contribution in [1.82, 2.24) is 20.1 Å². The Balaban J connectivity index is 1.67. The zero-order chi connectivity index (χ0) is 16.1. The number of hydrogen-bond donors (Lipinski definition) is 1. The third-order valence-electron chi connectivity index (χ3n) is 3.53. The molecule has 0 unspecified atom stereocenters. The maximum Gasteiger partial charge on any atom is 0.263 e. The molecule has 6 heteroatoms. The average molecular weight is 326 g/mol. The summed E-state index contributed by atoms with van der Waals surface area (Å²) in [5.41, 5.74) is 2.24. The van der Waals surface area contributed by atoms with E-state index in [1.165, 1.54) is 11.3 Å². The van der Waals surface area contributed by atoms with Gasteiger partial charge in [-0.1, -0.05) is 31.2 Å². The smallest absolute Gasteiger partial charge is 0.263 e. The second-order valence-electron chi connectivity index (χ2n) is 5.13. The van der Waals surface area contributed by atoms with E-state index in [-0.39, 0.29) is 5.91 Å². The lowest BCUT2D eigenvalue weighted by atomic mass is 10.1. The van der Waals surface area contributed by atoms with E-state index >= 15 is 0 Å². The first kappa shape index (κ1) is 15.4. The molecule has 1 aromatic carbocycles. The van der Waals surface area contributed by atoms with Crippen molar-refractivity contribution in [3.05, 3.63) is 69.9 Å². The first-order valence-electron chi connectivity index (χ1n) is 7.53. The van der Waals surface area contributed by atoms with E-state index in [4.69, 9.17) is 0 Å². The second kappa shape index (κ2) is 7.19. The van der Waals surface area contributed by atoms with Gasteiger partial charge in [0.1, 0.15) is 4.88 Å². The summed E-state index contributed by atoms with van der Waals surface area (Å²) in [5.74, 6) is -0.0731. The van der Waals surface area contributed by atoms with Crippen LogP contribution in [-0.2, 0) is 19.5 Å². The molecule has 0 aliphatic rings. The maximum atomic E-state index is 12.2. The monoisotopic (exact) mass is 326 g/mol. The summed E-state index contributed by atoms with van der Waals surface area (Å²) >= 11 is 1.45. The van der Waals surface area contributed by atoms with Crippen LogP contribution < -0.4 is 5.32 Å².